The lowest BCUT2D eigenvalue weighted by molar-refractivity contribution is 1.11. The van der Waals surface area contributed by atoms with E-state index in [2.05, 4.69) is 62.8 Å². The van der Waals surface area contributed by atoms with Crippen LogP contribution in [0.3, 0.4) is 0 Å². The molecule has 6 rings (SSSR count). The highest BCUT2D eigenvalue weighted by atomic mass is 32.1. The van der Waals surface area contributed by atoms with E-state index >= 15 is 0 Å². The molecular weight excluding hydrogens is 400 g/mol. The van der Waals surface area contributed by atoms with Gasteiger partial charge >= 0.3 is 0 Å². The quantitative estimate of drug-likeness (QED) is 0.355. The predicted octanol–water partition coefficient (Wildman–Crippen LogP) is 6.51. The number of benzene rings is 2. The number of aromatic nitrogens is 4. The number of H-pyrrole nitrogens is 1. The summed E-state index contributed by atoms with van der Waals surface area (Å²) in [5.74, 6) is 0. The van der Waals surface area contributed by atoms with E-state index in [0.29, 0.717) is 0 Å². The van der Waals surface area contributed by atoms with E-state index in [9.17, 15) is 0 Å². The highest BCUT2D eigenvalue weighted by Crippen LogP contribution is 2.27. The van der Waals surface area contributed by atoms with Crippen LogP contribution in [-0.2, 0) is 6.42 Å². The Kier molecular flexibility index (Phi) is 5.50. The number of thiazole rings is 1. The molecule has 0 radical (unpaired) electrons. The van der Waals surface area contributed by atoms with Crippen LogP contribution in [0.15, 0.2) is 103 Å². The predicted molar refractivity (Wildman–Crippen MR) is 128 cm³/mol. The maximum absolute atomic E-state index is 4.74. The number of pyridine rings is 2. The van der Waals surface area contributed by atoms with Crippen LogP contribution in [-0.4, -0.2) is 19.9 Å². The molecule has 0 atom stereocenters. The van der Waals surface area contributed by atoms with Gasteiger partial charge in [-0.2, -0.15) is 0 Å². The molecule has 4 aromatic heterocycles. The number of fused-ring (bicyclic) bond motifs is 2. The summed E-state index contributed by atoms with van der Waals surface area (Å²) in [5, 5.41) is 5.47. The van der Waals surface area contributed by atoms with Gasteiger partial charge in [0.1, 0.15) is 5.01 Å². The molecule has 31 heavy (non-hydrogen) atoms. The lowest BCUT2D eigenvalue weighted by Gasteiger charge is -1.96. The fraction of sp³-hybridized carbons (Fsp3) is 0.0385. The maximum Gasteiger partial charge on any atom is 0.139 e. The van der Waals surface area contributed by atoms with E-state index in [-0.39, 0.29) is 0 Å². The first-order valence-electron chi connectivity index (χ1n) is 10.1. The van der Waals surface area contributed by atoms with Gasteiger partial charge < -0.3 is 4.98 Å². The molecule has 4 nitrogen and oxygen atoms in total. The SMILES string of the molecule is c1ccc(Cc2csc(-c3cc4cnccc4[nH]3)n2)cc1.c1ccc2ncccc2c1. The van der Waals surface area contributed by atoms with Gasteiger partial charge in [-0.1, -0.05) is 54.6 Å². The molecule has 0 spiro atoms. The third kappa shape index (κ3) is 4.52. The minimum Gasteiger partial charge on any atom is -0.352 e. The zero-order valence-electron chi connectivity index (χ0n) is 16.8. The summed E-state index contributed by atoms with van der Waals surface area (Å²) in [6, 6.07) is 26.6. The van der Waals surface area contributed by atoms with E-state index in [4.69, 9.17) is 4.98 Å². The van der Waals surface area contributed by atoms with Crippen molar-refractivity contribution in [3.63, 3.8) is 0 Å². The number of hydrogen-bond donors (Lipinski definition) is 1. The van der Waals surface area contributed by atoms with Gasteiger partial charge in [-0.15, -0.1) is 11.3 Å². The summed E-state index contributed by atoms with van der Waals surface area (Å²) < 4.78 is 0. The fourth-order valence-electron chi connectivity index (χ4n) is 3.42. The second kappa shape index (κ2) is 8.90. The summed E-state index contributed by atoms with van der Waals surface area (Å²) >= 11 is 1.67. The summed E-state index contributed by atoms with van der Waals surface area (Å²) in [5.41, 5.74) is 5.61. The van der Waals surface area contributed by atoms with Gasteiger partial charge in [0.15, 0.2) is 0 Å². The van der Waals surface area contributed by atoms with Crippen molar-refractivity contribution in [1.29, 1.82) is 0 Å². The molecule has 0 unspecified atom stereocenters. The van der Waals surface area contributed by atoms with Crippen molar-refractivity contribution in [2.75, 3.05) is 0 Å². The number of nitrogens with zero attached hydrogens (tertiary/aromatic N) is 3. The third-order valence-electron chi connectivity index (χ3n) is 4.94. The number of aromatic amines is 1. The van der Waals surface area contributed by atoms with Gasteiger partial charge in [0, 0.05) is 46.7 Å². The Bertz CT molecular complexity index is 1320. The molecule has 0 saturated heterocycles. The van der Waals surface area contributed by atoms with Gasteiger partial charge in [-0.3, -0.25) is 9.97 Å². The van der Waals surface area contributed by atoms with Crippen molar-refractivity contribution in [2.24, 2.45) is 0 Å². The van der Waals surface area contributed by atoms with Crippen molar-refractivity contribution in [1.82, 2.24) is 19.9 Å². The fourth-order valence-corrected chi connectivity index (χ4v) is 4.21. The van der Waals surface area contributed by atoms with Crippen LogP contribution in [0.4, 0.5) is 0 Å². The van der Waals surface area contributed by atoms with E-state index in [1.54, 1.807) is 17.5 Å². The molecule has 150 valence electrons. The van der Waals surface area contributed by atoms with Gasteiger partial charge in [-0.05, 0) is 29.8 Å². The molecule has 0 fully saturated rings. The first-order valence-corrected chi connectivity index (χ1v) is 10.9. The van der Waals surface area contributed by atoms with Crippen LogP contribution in [0, 0.1) is 0 Å². The molecule has 4 heterocycles. The van der Waals surface area contributed by atoms with Gasteiger partial charge in [0.05, 0.1) is 16.9 Å². The Morgan fingerprint density at radius 3 is 2.52 bits per heavy atom. The molecule has 1 N–H and O–H groups in total. The van der Waals surface area contributed by atoms with E-state index in [0.717, 1.165) is 39.2 Å². The summed E-state index contributed by atoms with van der Waals surface area (Å²) in [6.45, 7) is 0. The van der Waals surface area contributed by atoms with Crippen LogP contribution in [0.5, 0.6) is 0 Å². The number of rotatable bonds is 3. The van der Waals surface area contributed by atoms with Crippen molar-refractivity contribution >= 4 is 33.1 Å². The summed E-state index contributed by atoms with van der Waals surface area (Å²) in [7, 11) is 0. The van der Waals surface area contributed by atoms with Crippen molar-refractivity contribution in [3.05, 3.63) is 114 Å². The van der Waals surface area contributed by atoms with E-state index in [1.165, 1.54) is 10.9 Å². The van der Waals surface area contributed by atoms with Gasteiger partial charge in [0.2, 0.25) is 0 Å². The number of hydrogen-bond acceptors (Lipinski definition) is 4. The Hall–Kier alpha value is -3.83. The summed E-state index contributed by atoms with van der Waals surface area (Å²) in [6.07, 6.45) is 6.35. The molecule has 6 aromatic rings. The Labute approximate surface area is 184 Å². The van der Waals surface area contributed by atoms with Gasteiger partial charge in [-0.25, -0.2) is 4.98 Å². The Balaban J connectivity index is 0.000000171. The van der Waals surface area contributed by atoms with Crippen molar-refractivity contribution < 1.29 is 0 Å². The van der Waals surface area contributed by atoms with Crippen LogP contribution >= 0.6 is 11.3 Å². The monoisotopic (exact) mass is 420 g/mol. The average molecular weight is 421 g/mol. The maximum atomic E-state index is 4.74. The molecule has 0 amide bonds. The zero-order valence-corrected chi connectivity index (χ0v) is 17.6. The largest absolute Gasteiger partial charge is 0.352 e. The molecule has 0 bridgehead atoms. The third-order valence-corrected chi connectivity index (χ3v) is 5.87. The van der Waals surface area contributed by atoms with Crippen molar-refractivity contribution in [3.8, 4) is 10.7 Å². The molecule has 5 heteroatoms. The lowest BCUT2D eigenvalue weighted by Crippen LogP contribution is -1.87. The number of para-hydroxylation sites is 1. The first kappa shape index (κ1) is 19.2. The van der Waals surface area contributed by atoms with Crippen LogP contribution in [0.1, 0.15) is 11.3 Å². The average Bonchev–Trinajstić information content (AvgIpc) is 3.47. The highest BCUT2D eigenvalue weighted by molar-refractivity contribution is 7.13. The summed E-state index contributed by atoms with van der Waals surface area (Å²) in [4.78, 5) is 16.5. The van der Waals surface area contributed by atoms with E-state index < -0.39 is 0 Å². The highest BCUT2D eigenvalue weighted by Gasteiger charge is 2.08. The molecule has 0 aliphatic rings. The van der Waals surface area contributed by atoms with Crippen LogP contribution < -0.4 is 0 Å². The molecule has 0 aliphatic heterocycles. The lowest BCUT2D eigenvalue weighted by atomic mass is 10.1. The Morgan fingerprint density at radius 2 is 1.65 bits per heavy atom. The van der Waals surface area contributed by atoms with Crippen molar-refractivity contribution in [2.45, 2.75) is 6.42 Å². The number of nitrogens with one attached hydrogen (secondary N) is 1. The first-order chi connectivity index (χ1) is 15.3. The normalized spacial score (nSPS) is 10.7. The van der Waals surface area contributed by atoms with Crippen LogP contribution in [0.2, 0.25) is 0 Å². The smallest absolute Gasteiger partial charge is 0.139 e. The van der Waals surface area contributed by atoms with Crippen LogP contribution in [0.25, 0.3) is 32.5 Å². The molecule has 2 aromatic carbocycles. The Morgan fingerprint density at radius 1 is 0.806 bits per heavy atom. The van der Waals surface area contributed by atoms with Gasteiger partial charge in [0.25, 0.3) is 0 Å². The zero-order chi connectivity index (χ0) is 20.9. The van der Waals surface area contributed by atoms with E-state index in [1.807, 2.05) is 48.8 Å². The second-order valence-corrected chi connectivity index (χ2v) is 8.01. The topological polar surface area (TPSA) is 54.5 Å². The minimum absolute atomic E-state index is 0.874. The molecule has 0 saturated carbocycles. The standard InChI is InChI=1S/C17H13N3S.C9H7N/c1-2-4-12(5-3-1)8-14-11-21-17(19-14)16-9-13-10-18-7-6-15(13)20-16;1-2-6-9-8(4-1)5-3-7-10-9/h1-7,9-11,20H,8H2;1-7H. The molecular formula is C26H20N4S. The minimum atomic E-state index is 0.874. The molecule has 0 aliphatic carbocycles. The second-order valence-electron chi connectivity index (χ2n) is 7.15.